The van der Waals surface area contributed by atoms with Crippen molar-refractivity contribution >= 4 is 22.7 Å². The zero-order chi connectivity index (χ0) is 18.5. The Morgan fingerprint density at radius 3 is 2.64 bits per heavy atom. The van der Waals surface area contributed by atoms with E-state index in [9.17, 15) is 19.5 Å². The van der Waals surface area contributed by atoms with Crippen molar-refractivity contribution in [3.8, 4) is 11.5 Å². The van der Waals surface area contributed by atoms with E-state index in [1.54, 1.807) is 6.92 Å². The Hall–Kier alpha value is -2.63. The first-order valence-corrected chi connectivity index (χ1v) is 8.25. The van der Waals surface area contributed by atoms with Crippen molar-refractivity contribution < 1.29 is 23.8 Å². The maximum Gasteiger partial charge on any atom is 0.336 e. The van der Waals surface area contributed by atoms with E-state index in [0.717, 1.165) is 0 Å². The molecule has 3 rings (SSSR count). The highest BCUT2D eigenvalue weighted by Gasteiger charge is 2.36. The first kappa shape index (κ1) is 17.2. The Balaban J connectivity index is 2.49. The van der Waals surface area contributed by atoms with Gasteiger partial charge in [-0.3, -0.25) is 9.59 Å². The summed E-state index contributed by atoms with van der Waals surface area (Å²) in [7, 11) is 0. The van der Waals surface area contributed by atoms with Crippen LogP contribution in [0.1, 0.15) is 61.0 Å². The predicted molar refractivity (Wildman–Crippen MR) is 91.3 cm³/mol. The molecule has 2 aromatic rings. The highest BCUT2D eigenvalue weighted by atomic mass is 16.5. The standard InChI is InChI=1S/C19H20O6/c1-8(2)5-11-7-13(22)25-19-15(10(4)20)17(23)14-9(3)6-12(21)24-18(14)16(11)19/h6,8,11,23H,5,7H2,1-4H3/t11-/m1/s1. The predicted octanol–water partition coefficient (Wildman–Crippen LogP) is 3.45. The van der Waals surface area contributed by atoms with Crippen LogP contribution >= 0.6 is 0 Å². The summed E-state index contributed by atoms with van der Waals surface area (Å²) in [5.41, 5.74) is 0.630. The molecule has 6 heteroatoms. The largest absolute Gasteiger partial charge is 0.506 e. The van der Waals surface area contributed by atoms with E-state index >= 15 is 0 Å². The molecule has 0 saturated heterocycles. The molecule has 0 saturated carbocycles. The Labute approximate surface area is 144 Å². The van der Waals surface area contributed by atoms with Crippen molar-refractivity contribution in [1.82, 2.24) is 0 Å². The molecule has 2 heterocycles. The van der Waals surface area contributed by atoms with Crippen molar-refractivity contribution in [2.45, 2.75) is 46.5 Å². The topological polar surface area (TPSA) is 93.8 Å². The molecule has 1 aliphatic heterocycles. The molecule has 1 aliphatic rings. The van der Waals surface area contributed by atoms with Crippen LogP contribution in [0.4, 0.5) is 0 Å². The number of hydrogen-bond donors (Lipinski definition) is 1. The van der Waals surface area contributed by atoms with Crippen LogP contribution in [0.2, 0.25) is 0 Å². The van der Waals surface area contributed by atoms with Gasteiger partial charge in [0.15, 0.2) is 11.5 Å². The fourth-order valence-electron chi connectivity index (χ4n) is 3.60. The smallest absolute Gasteiger partial charge is 0.336 e. The van der Waals surface area contributed by atoms with Gasteiger partial charge in [0.05, 0.1) is 11.8 Å². The maximum absolute atomic E-state index is 12.2. The quantitative estimate of drug-likeness (QED) is 0.397. The minimum absolute atomic E-state index is 0.0214. The summed E-state index contributed by atoms with van der Waals surface area (Å²) in [5.74, 6) is -1.14. The number of phenols is 1. The normalized spacial score (nSPS) is 16.8. The number of esters is 1. The highest BCUT2D eigenvalue weighted by molar-refractivity contribution is 6.08. The van der Waals surface area contributed by atoms with Crippen LogP contribution in [0, 0.1) is 12.8 Å². The third-order valence-electron chi connectivity index (χ3n) is 4.49. The van der Waals surface area contributed by atoms with E-state index in [2.05, 4.69) is 0 Å². The minimum atomic E-state index is -0.553. The lowest BCUT2D eigenvalue weighted by Gasteiger charge is -2.28. The number of Topliss-reactive ketones (excluding diaryl/α,β-unsaturated/α-hetero) is 1. The third kappa shape index (κ3) is 2.81. The van der Waals surface area contributed by atoms with E-state index in [-0.39, 0.29) is 40.9 Å². The van der Waals surface area contributed by atoms with Crippen LogP contribution < -0.4 is 10.4 Å². The molecule has 0 bridgehead atoms. The molecular weight excluding hydrogens is 324 g/mol. The summed E-state index contributed by atoms with van der Waals surface area (Å²) in [5, 5.41) is 10.9. The third-order valence-corrected chi connectivity index (χ3v) is 4.49. The fourth-order valence-corrected chi connectivity index (χ4v) is 3.60. The zero-order valence-electron chi connectivity index (χ0n) is 14.6. The summed E-state index contributed by atoms with van der Waals surface area (Å²) in [6.07, 6.45) is 0.803. The number of benzene rings is 1. The number of carbonyl (C=O) groups excluding carboxylic acids is 2. The van der Waals surface area contributed by atoms with E-state index < -0.39 is 17.4 Å². The second-order valence-corrected chi connectivity index (χ2v) is 6.98. The van der Waals surface area contributed by atoms with Gasteiger partial charge in [0.1, 0.15) is 16.9 Å². The number of ketones is 1. The first-order chi connectivity index (χ1) is 11.7. The Morgan fingerprint density at radius 2 is 2.04 bits per heavy atom. The number of fused-ring (bicyclic) bond motifs is 3. The number of hydrogen-bond acceptors (Lipinski definition) is 6. The van der Waals surface area contributed by atoms with E-state index in [1.807, 2.05) is 13.8 Å². The van der Waals surface area contributed by atoms with Gasteiger partial charge in [-0.05, 0) is 31.7 Å². The molecule has 0 fully saturated rings. The van der Waals surface area contributed by atoms with Crippen molar-refractivity contribution in [2.75, 3.05) is 0 Å². The van der Waals surface area contributed by atoms with Crippen molar-refractivity contribution in [1.29, 1.82) is 0 Å². The number of phenolic OH excluding ortho intramolecular Hbond substituents is 1. The summed E-state index contributed by atoms with van der Waals surface area (Å²) in [4.78, 5) is 36.1. The zero-order valence-corrected chi connectivity index (χ0v) is 14.6. The molecule has 1 N–H and O–H groups in total. The number of ether oxygens (including phenoxy) is 1. The Morgan fingerprint density at radius 1 is 1.36 bits per heavy atom. The van der Waals surface area contributed by atoms with Gasteiger partial charge in [-0.1, -0.05) is 13.8 Å². The average Bonchev–Trinajstić information content (AvgIpc) is 2.44. The fraction of sp³-hybridized carbons (Fsp3) is 0.421. The SMILES string of the molecule is CC(=O)c1c2c(c3oc(=O)cc(C)c3c1O)[C@H](CC(C)C)CC(=O)O2. The van der Waals surface area contributed by atoms with Crippen LogP contribution in [0.25, 0.3) is 11.0 Å². The van der Waals surface area contributed by atoms with Gasteiger partial charge in [0.25, 0.3) is 0 Å². The maximum atomic E-state index is 12.2. The highest BCUT2D eigenvalue weighted by Crippen LogP contribution is 2.49. The molecule has 0 amide bonds. The Bertz CT molecular complexity index is 951. The molecule has 6 nitrogen and oxygen atoms in total. The number of rotatable bonds is 3. The van der Waals surface area contributed by atoms with Crippen molar-refractivity contribution in [2.24, 2.45) is 5.92 Å². The van der Waals surface area contributed by atoms with Gasteiger partial charge >= 0.3 is 11.6 Å². The minimum Gasteiger partial charge on any atom is -0.506 e. The van der Waals surface area contributed by atoms with Gasteiger partial charge in [0, 0.05) is 17.5 Å². The summed E-state index contributed by atoms with van der Waals surface area (Å²) in [6.45, 7) is 7.02. The number of aromatic hydroxyl groups is 1. The summed E-state index contributed by atoms with van der Waals surface area (Å²) < 4.78 is 10.7. The molecule has 0 spiro atoms. The Kier molecular flexibility index (Phi) is 4.14. The monoisotopic (exact) mass is 344 g/mol. The molecule has 1 aromatic carbocycles. The molecule has 25 heavy (non-hydrogen) atoms. The van der Waals surface area contributed by atoms with Crippen LogP contribution in [0.3, 0.4) is 0 Å². The molecule has 0 radical (unpaired) electrons. The summed E-state index contributed by atoms with van der Waals surface area (Å²) in [6, 6.07) is 1.27. The summed E-state index contributed by atoms with van der Waals surface area (Å²) >= 11 is 0. The van der Waals surface area contributed by atoms with Crippen molar-refractivity contribution in [3.63, 3.8) is 0 Å². The average molecular weight is 344 g/mol. The van der Waals surface area contributed by atoms with E-state index in [1.165, 1.54) is 13.0 Å². The van der Waals surface area contributed by atoms with Crippen LogP contribution in [-0.2, 0) is 4.79 Å². The molecule has 132 valence electrons. The van der Waals surface area contributed by atoms with E-state index in [0.29, 0.717) is 22.9 Å². The van der Waals surface area contributed by atoms with Crippen LogP contribution in [0.15, 0.2) is 15.3 Å². The second kappa shape index (κ2) is 6.02. The lowest BCUT2D eigenvalue weighted by Crippen LogP contribution is -2.24. The van der Waals surface area contributed by atoms with Gasteiger partial charge < -0.3 is 14.3 Å². The first-order valence-electron chi connectivity index (χ1n) is 8.25. The molecule has 1 atom stereocenters. The van der Waals surface area contributed by atoms with Crippen molar-refractivity contribution in [3.05, 3.63) is 33.2 Å². The van der Waals surface area contributed by atoms with Crippen LogP contribution in [-0.4, -0.2) is 16.9 Å². The molecule has 0 aliphatic carbocycles. The lowest BCUT2D eigenvalue weighted by atomic mass is 9.82. The van der Waals surface area contributed by atoms with Gasteiger partial charge in [0.2, 0.25) is 0 Å². The molecule has 0 unspecified atom stereocenters. The molecule has 1 aromatic heterocycles. The van der Waals surface area contributed by atoms with Gasteiger partial charge in [-0.15, -0.1) is 0 Å². The van der Waals surface area contributed by atoms with Gasteiger partial charge in [-0.2, -0.15) is 0 Å². The van der Waals surface area contributed by atoms with Crippen LogP contribution in [0.5, 0.6) is 11.5 Å². The number of carbonyl (C=O) groups is 2. The van der Waals surface area contributed by atoms with E-state index in [4.69, 9.17) is 9.15 Å². The van der Waals surface area contributed by atoms with Gasteiger partial charge in [-0.25, -0.2) is 4.79 Å². The molecular formula is C19H20O6. The lowest BCUT2D eigenvalue weighted by molar-refractivity contribution is -0.136. The number of aryl methyl sites for hydroxylation is 1. The second-order valence-electron chi connectivity index (χ2n) is 6.98.